The quantitative estimate of drug-likeness (QED) is 0.858. The normalized spacial score (nSPS) is 24.8. The van der Waals surface area contributed by atoms with E-state index >= 15 is 0 Å². The number of ether oxygens (including phenoxy) is 1. The zero-order valence-electron chi connectivity index (χ0n) is 15.5. The van der Waals surface area contributed by atoms with E-state index in [1.165, 1.54) is 12.8 Å². The largest absolute Gasteiger partial charge is 0.373 e. The number of hydrogen-bond acceptors (Lipinski definition) is 4. The van der Waals surface area contributed by atoms with E-state index in [2.05, 4.69) is 34.4 Å². The van der Waals surface area contributed by atoms with Gasteiger partial charge in [-0.05, 0) is 43.9 Å². The van der Waals surface area contributed by atoms with Crippen molar-refractivity contribution in [3.8, 4) is 0 Å². The van der Waals surface area contributed by atoms with Crippen LogP contribution in [-0.4, -0.2) is 54.3 Å². The number of pyridine rings is 1. The molecule has 3 rings (SSSR count). The Labute approximate surface area is 150 Å². The predicted octanol–water partition coefficient (Wildman–Crippen LogP) is 2.25. The summed E-state index contributed by atoms with van der Waals surface area (Å²) in [6.45, 7) is 9.62. The van der Waals surface area contributed by atoms with Gasteiger partial charge in [-0.15, -0.1) is 0 Å². The first-order valence-corrected chi connectivity index (χ1v) is 9.36. The predicted molar refractivity (Wildman–Crippen MR) is 97.4 cm³/mol. The summed E-state index contributed by atoms with van der Waals surface area (Å²) in [7, 11) is 0. The van der Waals surface area contributed by atoms with E-state index < -0.39 is 0 Å². The van der Waals surface area contributed by atoms with Gasteiger partial charge >= 0.3 is 6.03 Å². The minimum atomic E-state index is -0.157. The SMILES string of the molecule is Cc1cccnc1[C@H](NC(=O)NC[C@H]1CN2CCC[C@H]2CO1)C(C)C. The lowest BCUT2D eigenvalue weighted by molar-refractivity contribution is -0.0458. The molecular formula is C19H30N4O2. The van der Waals surface area contributed by atoms with E-state index in [4.69, 9.17) is 4.74 Å². The molecule has 25 heavy (non-hydrogen) atoms. The van der Waals surface area contributed by atoms with Gasteiger partial charge in [-0.1, -0.05) is 19.9 Å². The lowest BCUT2D eigenvalue weighted by atomic mass is 9.97. The molecule has 2 aliphatic rings. The van der Waals surface area contributed by atoms with Crippen molar-refractivity contribution in [1.82, 2.24) is 20.5 Å². The topological polar surface area (TPSA) is 66.5 Å². The molecule has 0 aromatic carbocycles. The Morgan fingerprint density at radius 1 is 1.48 bits per heavy atom. The van der Waals surface area contributed by atoms with Crippen molar-refractivity contribution in [2.75, 3.05) is 26.2 Å². The molecule has 0 spiro atoms. The molecule has 2 aliphatic heterocycles. The first kappa shape index (κ1) is 18.1. The van der Waals surface area contributed by atoms with E-state index in [1.807, 2.05) is 19.1 Å². The monoisotopic (exact) mass is 346 g/mol. The van der Waals surface area contributed by atoms with Crippen molar-refractivity contribution in [3.63, 3.8) is 0 Å². The number of amides is 2. The van der Waals surface area contributed by atoms with E-state index in [9.17, 15) is 4.79 Å². The molecule has 0 bridgehead atoms. The van der Waals surface area contributed by atoms with Crippen LogP contribution in [-0.2, 0) is 4.74 Å². The molecule has 0 saturated carbocycles. The highest BCUT2D eigenvalue weighted by molar-refractivity contribution is 5.74. The third kappa shape index (κ3) is 4.50. The van der Waals surface area contributed by atoms with Crippen LogP contribution in [0.1, 0.15) is 44.0 Å². The van der Waals surface area contributed by atoms with E-state index in [0.29, 0.717) is 12.6 Å². The molecule has 1 aromatic rings. The summed E-state index contributed by atoms with van der Waals surface area (Å²) in [4.78, 5) is 19.3. The number of aromatic nitrogens is 1. The smallest absolute Gasteiger partial charge is 0.315 e. The van der Waals surface area contributed by atoms with Crippen LogP contribution in [0.5, 0.6) is 0 Å². The fourth-order valence-electron chi connectivity index (χ4n) is 3.78. The number of fused-ring (bicyclic) bond motifs is 1. The molecule has 6 heteroatoms. The van der Waals surface area contributed by atoms with Crippen LogP contribution in [0, 0.1) is 12.8 Å². The number of rotatable bonds is 5. The Balaban J connectivity index is 1.51. The summed E-state index contributed by atoms with van der Waals surface area (Å²) in [5.41, 5.74) is 2.03. The van der Waals surface area contributed by atoms with Crippen molar-refractivity contribution in [1.29, 1.82) is 0 Å². The summed E-state index contributed by atoms with van der Waals surface area (Å²) < 4.78 is 5.90. The molecule has 0 unspecified atom stereocenters. The molecule has 138 valence electrons. The van der Waals surface area contributed by atoms with Crippen LogP contribution < -0.4 is 10.6 Å². The number of carbonyl (C=O) groups is 1. The van der Waals surface area contributed by atoms with Gasteiger partial charge in [0.1, 0.15) is 0 Å². The van der Waals surface area contributed by atoms with E-state index in [1.54, 1.807) is 6.20 Å². The summed E-state index contributed by atoms with van der Waals surface area (Å²) >= 11 is 0. The van der Waals surface area contributed by atoms with Gasteiger partial charge in [0.25, 0.3) is 0 Å². The Bertz CT molecular complexity index is 593. The van der Waals surface area contributed by atoms with Gasteiger partial charge in [-0.2, -0.15) is 0 Å². The van der Waals surface area contributed by atoms with Crippen molar-refractivity contribution in [3.05, 3.63) is 29.6 Å². The average Bonchev–Trinajstić information content (AvgIpc) is 3.06. The molecular weight excluding hydrogens is 316 g/mol. The number of aryl methyl sites for hydroxylation is 1. The van der Waals surface area contributed by atoms with Gasteiger partial charge < -0.3 is 15.4 Å². The maximum Gasteiger partial charge on any atom is 0.315 e. The second kappa shape index (κ2) is 8.15. The van der Waals surface area contributed by atoms with Crippen LogP contribution in [0.3, 0.4) is 0 Å². The van der Waals surface area contributed by atoms with Crippen molar-refractivity contribution < 1.29 is 9.53 Å². The maximum atomic E-state index is 12.4. The minimum absolute atomic E-state index is 0.0780. The van der Waals surface area contributed by atoms with Crippen molar-refractivity contribution in [2.45, 2.75) is 51.8 Å². The second-order valence-electron chi connectivity index (χ2n) is 7.53. The van der Waals surface area contributed by atoms with Crippen molar-refractivity contribution >= 4 is 6.03 Å². The Hall–Kier alpha value is -1.66. The molecule has 6 nitrogen and oxygen atoms in total. The van der Waals surface area contributed by atoms with E-state index in [-0.39, 0.29) is 24.1 Å². The average molecular weight is 346 g/mol. The van der Waals surface area contributed by atoms with Gasteiger partial charge in [-0.3, -0.25) is 9.88 Å². The van der Waals surface area contributed by atoms with Crippen LogP contribution in [0.15, 0.2) is 18.3 Å². The summed E-state index contributed by atoms with van der Waals surface area (Å²) in [6, 6.07) is 4.27. The molecule has 3 atom stereocenters. The van der Waals surface area contributed by atoms with Crippen molar-refractivity contribution in [2.24, 2.45) is 5.92 Å². The fraction of sp³-hybridized carbons (Fsp3) is 0.684. The molecule has 1 aromatic heterocycles. The molecule has 3 heterocycles. The van der Waals surface area contributed by atoms with Gasteiger partial charge in [0.2, 0.25) is 0 Å². The van der Waals surface area contributed by atoms with Crippen LogP contribution in [0.25, 0.3) is 0 Å². The highest BCUT2D eigenvalue weighted by atomic mass is 16.5. The third-order valence-electron chi connectivity index (χ3n) is 5.25. The molecule has 2 amide bonds. The second-order valence-corrected chi connectivity index (χ2v) is 7.53. The minimum Gasteiger partial charge on any atom is -0.373 e. The maximum absolute atomic E-state index is 12.4. The first-order valence-electron chi connectivity index (χ1n) is 9.36. The standard InChI is InChI=1S/C19H30N4O2/c1-13(2)17(18-14(3)6-4-8-20-18)22-19(24)21-10-16-11-23-9-5-7-15(23)12-25-16/h4,6,8,13,15-17H,5,7,9-12H2,1-3H3,(H2,21,22,24)/t15-,16-,17+/m0/s1. The molecule has 2 fully saturated rings. The first-order chi connectivity index (χ1) is 12.0. The highest BCUT2D eigenvalue weighted by Gasteiger charge is 2.32. The number of nitrogens with one attached hydrogen (secondary N) is 2. The zero-order valence-corrected chi connectivity index (χ0v) is 15.5. The Kier molecular flexibility index (Phi) is 5.91. The number of urea groups is 1. The Morgan fingerprint density at radius 2 is 2.32 bits per heavy atom. The third-order valence-corrected chi connectivity index (χ3v) is 5.25. The highest BCUT2D eigenvalue weighted by Crippen LogP contribution is 2.23. The lowest BCUT2D eigenvalue weighted by Crippen LogP contribution is -2.51. The number of hydrogen-bond donors (Lipinski definition) is 2. The van der Waals surface area contributed by atoms with E-state index in [0.717, 1.165) is 31.0 Å². The lowest BCUT2D eigenvalue weighted by Gasteiger charge is -2.35. The summed E-state index contributed by atoms with van der Waals surface area (Å²) in [5, 5.41) is 6.06. The Morgan fingerprint density at radius 3 is 3.08 bits per heavy atom. The molecule has 2 saturated heterocycles. The number of morpholine rings is 1. The number of nitrogens with zero attached hydrogens (tertiary/aromatic N) is 2. The molecule has 0 radical (unpaired) electrons. The van der Waals surface area contributed by atoms with Crippen LogP contribution in [0.2, 0.25) is 0 Å². The van der Waals surface area contributed by atoms with Gasteiger partial charge in [0.15, 0.2) is 0 Å². The van der Waals surface area contributed by atoms with Gasteiger partial charge in [0.05, 0.1) is 24.4 Å². The van der Waals surface area contributed by atoms with Crippen LogP contribution >= 0.6 is 0 Å². The van der Waals surface area contributed by atoms with Gasteiger partial charge in [-0.25, -0.2) is 4.79 Å². The fourth-order valence-corrected chi connectivity index (χ4v) is 3.78. The van der Waals surface area contributed by atoms with Crippen LogP contribution in [0.4, 0.5) is 4.79 Å². The molecule has 2 N–H and O–H groups in total. The summed E-state index contributed by atoms with van der Waals surface area (Å²) in [6.07, 6.45) is 4.35. The summed E-state index contributed by atoms with van der Waals surface area (Å²) in [5.74, 6) is 0.260. The van der Waals surface area contributed by atoms with Gasteiger partial charge in [0, 0.05) is 25.3 Å². The zero-order chi connectivity index (χ0) is 17.8. The molecule has 0 aliphatic carbocycles. The number of carbonyl (C=O) groups excluding carboxylic acids is 1.